The molecule has 1 atom stereocenters. The number of benzene rings is 1. The van der Waals surface area contributed by atoms with E-state index in [-0.39, 0.29) is 6.04 Å². The molecule has 0 saturated carbocycles. The maximum absolute atomic E-state index is 12.3. The molecule has 1 fully saturated rings. The van der Waals surface area contributed by atoms with Crippen LogP contribution in [0.5, 0.6) is 5.75 Å². The van der Waals surface area contributed by atoms with E-state index in [1.807, 2.05) is 24.3 Å². The largest absolute Gasteiger partial charge is 0.497 e. The van der Waals surface area contributed by atoms with Crippen molar-refractivity contribution in [2.24, 2.45) is 0 Å². The van der Waals surface area contributed by atoms with Crippen LogP contribution in [0.4, 0.5) is 0 Å². The molecule has 2 amide bonds. The van der Waals surface area contributed by atoms with Crippen LogP contribution in [0.2, 0.25) is 0 Å². The molecule has 0 unspecified atom stereocenters. The highest BCUT2D eigenvalue weighted by Gasteiger charge is 2.23. The molecule has 0 spiro atoms. The lowest BCUT2D eigenvalue weighted by atomic mass is 10.1. The summed E-state index contributed by atoms with van der Waals surface area (Å²) in [4.78, 5) is 27.0. The zero-order valence-electron chi connectivity index (χ0n) is 16.9. The van der Waals surface area contributed by atoms with Gasteiger partial charge < -0.3 is 15.4 Å². The number of hydrogen-bond acceptors (Lipinski definition) is 5. The third-order valence-corrected chi connectivity index (χ3v) is 5.99. The van der Waals surface area contributed by atoms with Crippen molar-refractivity contribution in [3.05, 3.63) is 52.2 Å². The second-order valence-electron chi connectivity index (χ2n) is 7.26. The Morgan fingerprint density at radius 3 is 2.34 bits per heavy atom. The van der Waals surface area contributed by atoms with Gasteiger partial charge in [0.2, 0.25) is 0 Å². The fourth-order valence-corrected chi connectivity index (χ4v) is 4.31. The van der Waals surface area contributed by atoms with Crippen LogP contribution in [0.3, 0.4) is 0 Å². The third kappa shape index (κ3) is 6.30. The molecule has 0 radical (unpaired) electrons. The Bertz CT molecular complexity index is 769. The molecule has 0 bridgehead atoms. The van der Waals surface area contributed by atoms with Gasteiger partial charge in [-0.05, 0) is 66.0 Å². The molecule has 156 valence electrons. The topological polar surface area (TPSA) is 70.7 Å². The molecule has 0 aliphatic carbocycles. The summed E-state index contributed by atoms with van der Waals surface area (Å²) in [6.45, 7) is 2.79. The molecule has 1 aromatic carbocycles. The van der Waals surface area contributed by atoms with Crippen LogP contribution < -0.4 is 15.4 Å². The number of carbonyl (C=O) groups excluding carboxylic acids is 2. The van der Waals surface area contributed by atoms with Gasteiger partial charge in [-0.25, -0.2) is 0 Å². The molecule has 3 rings (SSSR count). The molecule has 7 heteroatoms. The first-order valence-corrected chi connectivity index (χ1v) is 11.1. The van der Waals surface area contributed by atoms with Gasteiger partial charge in [0.05, 0.1) is 13.2 Å². The Hall–Kier alpha value is -2.38. The highest BCUT2D eigenvalue weighted by Crippen LogP contribution is 2.25. The number of ether oxygens (including phenoxy) is 1. The van der Waals surface area contributed by atoms with E-state index in [4.69, 9.17) is 4.74 Å². The predicted octanol–water partition coefficient (Wildman–Crippen LogP) is 3.11. The number of thiophene rings is 1. The van der Waals surface area contributed by atoms with Crippen LogP contribution in [-0.4, -0.2) is 43.5 Å². The van der Waals surface area contributed by atoms with Gasteiger partial charge in [0.1, 0.15) is 5.75 Å². The number of amides is 2. The molecule has 29 heavy (non-hydrogen) atoms. The second kappa shape index (κ2) is 11.0. The minimum absolute atomic E-state index is 0.109. The molecular weight excluding hydrogens is 386 g/mol. The Morgan fingerprint density at radius 2 is 1.72 bits per heavy atom. The van der Waals surface area contributed by atoms with Crippen LogP contribution in [0.25, 0.3) is 0 Å². The fraction of sp³-hybridized carbons (Fsp3) is 0.455. The normalized spacial score (nSPS) is 15.9. The number of nitrogens with one attached hydrogen (secondary N) is 2. The molecule has 2 aromatic rings. The summed E-state index contributed by atoms with van der Waals surface area (Å²) in [6, 6.07) is 9.60. The number of methoxy groups -OCH3 is 1. The zero-order valence-corrected chi connectivity index (χ0v) is 17.7. The molecule has 6 nitrogen and oxygen atoms in total. The first-order chi connectivity index (χ1) is 14.2. The van der Waals surface area contributed by atoms with Crippen LogP contribution in [0.15, 0.2) is 41.1 Å². The monoisotopic (exact) mass is 415 g/mol. The third-order valence-electron chi connectivity index (χ3n) is 5.28. The van der Waals surface area contributed by atoms with Crippen molar-refractivity contribution in [1.82, 2.24) is 15.5 Å². The predicted molar refractivity (Wildman–Crippen MR) is 115 cm³/mol. The van der Waals surface area contributed by atoms with Gasteiger partial charge in [-0.1, -0.05) is 25.0 Å². The molecule has 2 N–H and O–H groups in total. The van der Waals surface area contributed by atoms with E-state index >= 15 is 0 Å². The van der Waals surface area contributed by atoms with E-state index in [0.717, 1.165) is 24.4 Å². The maximum Gasteiger partial charge on any atom is 0.309 e. The maximum atomic E-state index is 12.3. The van der Waals surface area contributed by atoms with Crippen molar-refractivity contribution >= 4 is 23.2 Å². The average Bonchev–Trinajstić information content (AvgIpc) is 3.15. The van der Waals surface area contributed by atoms with Crippen LogP contribution in [0, 0.1) is 0 Å². The lowest BCUT2D eigenvalue weighted by Crippen LogP contribution is -2.44. The highest BCUT2D eigenvalue weighted by atomic mass is 32.1. The van der Waals surface area contributed by atoms with Gasteiger partial charge in [0.15, 0.2) is 0 Å². The van der Waals surface area contributed by atoms with Gasteiger partial charge >= 0.3 is 11.8 Å². The highest BCUT2D eigenvalue weighted by molar-refractivity contribution is 7.08. The molecule has 2 heterocycles. The molecule has 1 aliphatic heterocycles. The van der Waals surface area contributed by atoms with Crippen molar-refractivity contribution in [2.75, 3.05) is 26.7 Å². The SMILES string of the molecule is COc1ccc(CNC(=O)C(=O)NC[C@@H](c2ccsc2)N2CCCCCC2)cc1. The standard InChI is InChI=1S/C22H29N3O3S/c1-28-19-8-6-17(7-9-19)14-23-21(26)22(27)24-15-20(18-10-13-29-16-18)25-11-4-2-3-5-12-25/h6-10,13,16,20H,2-5,11-12,14-15H2,1H3,(H,23,26)(H,24,27)/t20-/m0/s1. The minimum Gasteiger partial charge on any atom is -0.497 e. The minimum atomic E-state index is -0.610. The first kappa shape index (κ1) is 21.3. The van der Waals surface area contributed by atoms with Gasteiger partial charge in [-0.2, -0.15) is 11.3 Å². The number of carbonyl (C=O) groups is 2. The summed E-state index contributed by atoms with van der Waals surface area (Å²) in [6.07, 6.45) is 4.87. The van der Waals surface area contributed by atoms with Crippen LogP contribution in [-0.2, 0) is 16.1 Å². The van der Waals surface area contributed by atoms with Crippen molar-refractivity contribution in [3.63, 3.8) is 0 Å². The van der Waals surface area contributed by atoms with E-state index in [1.165, 1.54) is 31.2 Å². The van der Waals surface area contributed by atoms with Crippen molar-refractivity contribution in [3.8, 4) is 5.75 Å². The smallest absolute Gasteiger partial charge is 0.309 e. The Morgan fingerprint density at radius 1 is 1.03 bits per heavy atom. The van der Waals surface area contributed by atoms with Crippen LogP contribution in [0.1, 0.15) is 42.9 Å². The van der Waals surface area contributed by atoms with E-state index in [1.54, 1.807) is 18.4 Å². The van der Waals surface area contributed by atoms with Crippen molar-refractivity contribution in [1.29, 1.82) is 0 Å². The lowest BCUT2D eigenvalue weighted by molar-refractivity contribution is -0.139. The number of hydrogen-bond donors (Lipinski definition) is 2. The molecular formula is C22H29N3O3S. The Labute approximate surface area is 176 Å². The second-order valence-corrected chi connectivity index (χ2v) is 8.04. The summed E-state index contributed by atoms with van der Waals surface area (Å²) in [5, 5.41) is 9.71. The van der Waals surface area contributed by atoms with Gasteiger partial charge in [-0.3, -0.25) is 14.5 Å². The summed E-state index contributed by atoms with van der Waals surface area (Å²) >= 11 is 1.66. The average molecular weight is 416 g/mol. The summed E-state index contributed by atoms with van der Waals surface area (Å²) in [7, 11) is 1.61. The first-order valence-electron chi connectivity index (χ1n) is 10.1. The van der Waals surface area contributed by atoms with E-state index in [2.05, 4.69) is 32.4 Å². The number of rotatable bonds is 7. The number of likely N-dealkylation sites (tertiary alicyclic amines) is 1. The fourth-order valence-electron chi connectivity index (χ4n) is 3.60. The summed E-state index contributed by atoms with van der Waals surface area (Å²) in [5.74, 6) is -0.444. The van der Waals surface area contributed by atoms with Gasteiger partial charge in [0, 0.05) is 13.1 Å². The molecule has 1 aromatic heterocycles. The summed E-state index contributed by atoms with van der Waals surface area (Å²) in [5.41, 5.74) is 2.11. The Kier molecular flexibility index (Phi) is 8.07. The number of nitrogens with zero attached hydrogens (tertiary/aromatic N) is 1. The van der Waals surface area contributed by atoms with Gasteiger partial charge in [0.25, 0.3) is 0 Å². The zero-order chi connectivity index (χ0) is 20.5. The van der Waals surface area contributed by atoms with Crippen molar-refractivity contribution < 1.29 is 14.3 Å². The lowest BCUT2D eigenvalue weighted by Gasteiger charge is -2.30. The quantitative estimate of drug-likeness (QED) is 0.682. The van der Waals surface area contributed by atoms with E-state index in [0.29, 0.717) is 13.1 Å². The van der Waals surface area contributed by atoms with E-state index in [9.17, 15) is 9.59 Å². The van der Waals surface area contributed by atoms with E-state index < -0.39 is 11.8 Å². The molecule has 1 aliphatic rings. The Balaban J connectivity index is 1.52. The van der Waals surface area contributed by atoms with Gasteiger partial charge in [-0.15, -0.1) is 0 Å². The van der Waals surface area contributed by atoms with Crippen molar-refractivity contribution in [2.45, 2.75) is 38.3 Å². The molecule has 1 saturated heterocycles. The summed E-state index contributed by atoms with van der Waals surface area (Å²) < 4.78 is 5.12. The van der Waals surface area contributed by atoms with Crippen LogP contribution >= 0.6 is 11.3 Å².